The van der Waals surface area contributed by atoms with Crippen LogP contribution in [0.2, 0.25) is 0 Å². The maximum atomic E-state index is 13.5. The van der Waals surface area contributed by atoms with Crippen LogP contribution in [0.15, 0.2) is 53.5 Å². The van der Waals surface area contributed by atoms with Crippen molar-refractivity contribution in [2.45, 2.75) is 18.9 Å². The summed E-state index contributed by atoms with van der Waals surface area (Å²) in [6, 6.07) is 13.5. The molecule has 2 fully saturated rings. The fourth-order valence-electron chi connectivity index (χ4n) is 5.09. The molecule has 0 radical (unpaired) electrons. The highest BCUT2D eigenvalue weighted by Gasteiger charge is 2.28. The van der Waals surface area contributed by atoms with Gasteiger partial charge >= 0.3 is 6.03 Å². The number of urea groups is 1. The molecular weight excluding hydrogens is 533 g/mol. The molecule has 1 aliphatic heterocycles. The molecule has 12 heteroatoms. The van der Waals surface area contributed by atoms with Crippen molar-refractivity contribution >= 4 is 44.6 Å². The Morgan fingerprint density at radius 2 is 1.88 bits per heavy atom. The lowest BCUT2D eigenvalue weighted by Crippen LogP contribution is -2.51. The summed E-state index contributed by atoms with van der Waals surface area (Å²) >= 11 is 1.24. The van der Waals surface area contributed by atoms with E-state index in [4.69, 9.17) is 10.2 Å². The number of thiazole rings is 1. The van der Waals surface area contributed by atoms with Crippen molar-refractivity contribution in [1.29, 1.82) is 5.26 Å². The lowest BCUT2D eigenvalue weighted by atomic mass is 10.1. The number of benzene rings is 2. The minimum Gasteiger partial charge on any atom is -0.368 e. The van der Waals surface area contributed by atoms with Gasteiger partial charge in [0.15, 0.2) is 5.13 Å². The first-order chi connectivity index (χ1) is 19.4. The molecule has 0 atom stereocenters. The molecule has 10 nitrogen and oxygen atoms in total. The summed E-state index contributed by atoms with van der Waals surface area (Å²) in [5, 5.41) is 20.7. The third kappa shape index (κ3) is 4.63. The standard InChI is InChI=1S/C28H26FN7O3S/c1-33(28-31-25(24(15-30)40-28)17-2-4-18(29)5-3-17)23-16-36(19-6-7-19)26(37)21-9-8-20(14-22(21)23)34-10-12-35(13-11-34)27(38)32-39/h2-5,8-9,14,16,19,39H,6-7,10-13H2,1H3,(H,32,38). The molecule has 0 unspecified atom stereocenters. The lowest BCUT2D eigenvalue weighted by Gasteiger charge is -2.35. The SMILES string of the molecule is CN(c1nc(-c2ccc(F)cc2)c(C#N)s1)c1cn(C2CC2)c(=O)c2ccc(N3CCN(C(=O)NO)CC3)cc12. The molecule has 1 saturated heterocycles. The summed E-state index contributed by atoms with van der Waals surface area (Å²) in [5.74, 6) is -0.363. The topological polar surface area (TPSA) is 118 Å². The fourth-order valence-corrected chi connectivity index (χ4v) is 5.95. The number of hydroxylamine groups is 1. The molecule has 4 aromatic rings. The van der Waals surface area contributed by atoms with Crippen molar-refractivity contribution in [3.63, 3.8) is 0 Å². The van der Waals surface area contributed by atoms with E-state index in [1.54, 1.807) is 27.1 Å². The van der Waals surface area contributed by atoms with Crippen LogP contribution in [0.25, 0.3) is 22.0 Å². The maximum Gasteiger partial charge on any atom is 0.341 e. The molecule has 2 aromatic carbocycles. The van der Waals surface area contributed by atoms with Crippen LogP contribution in [-0.2, 0) is 0 Å². The number of carbonyl (C=O) groups excluding carboxylic acids is 1. The number of hydrogen-bond acceptors (Lipinski definition) is 8. The molecule has 0 spiro atoms. The average Bonchev–Trinajstić information content (AvgIpc) is 3.74. The number of rotatable bonds is 5. The van der Waals surface area contributed by atoms with Crippen molar-refractivity contribution in [3.05, 3.63) is 69.7 Å². The van der Waals surface area contributed by atoms with E-state index in [0.29, 0.717) is 52.8 Å². The van der Waals surface area contributed by atoms with Crippen LogP contribution in [0.3, 0.4) is 0 Å². The number of nitrogens with one attached hydrogen (secondary N) is 1. The Balaban J connectivity index is 1.41. The summed E-state index contributed by atoms with van der Waals surface area (Å²) in [6.45, 7) is 2.04. The quantitative estimate of drug-likeness (QED) is 0.274. The summed E-state index contributed by atoms with van der Waals surface area (Å²) in [7, 11) is 1.86. The molecule has 1 saturated carbocycles. The van der Waals surface area contributed by atoms with Gasteiger partial charge in [0.25, 0.3) is 5.56 Å². The van der Waals surface area contributed by atoms with E-state index in [-0.39, 0.29) is 17.4 Å². The second-order valence-corrected chi connectivity index (χ2v) is 10.9. The molecule has 2 aromatic heterocycles. The number of amides is 2. The summed E-state index contributed by atoms with van der Waals surface area (Å²) < 4.78 is 15.3. The zero-order valence-electron chi connectivity index (χ0n) is 21.7. The molecule has 40 heavy (non-hydrogen) atoms. The van der Waals surface area contributed by atoms with E-state index in [0.717, 1.165) is 29.6 Å². The highest BCUT2D eigenvalue weighted by molar-refractivity contribution is 7.16. The normalized spacial score (nSPS) is 15.2. The van der Waals surface area contributed by atoms with Gasteiger partial charge in [-0.3, -0.25) is 10.0 Å². The van der Waals surface area contributed by atoms with E-state index in [9.17, 15) is 19.2 Å². The van der Waals surface area contributed by atoms with Crippen LogP contribution in [0.4, 0.5) is 25.7 Å². The Morgan fingerprint density at radius 3 is 2.52 bits per heavy atom. The number of carbonyl (C=O) groups is 1. The van der Waals surface area contributed by atoms with Crippen LogP contribution < -0.4 is 20.8 Å². The number of nitrogens with zero attached hydrogens (tertiary/aromatic N) is 6. The van der Waals surface area contributed by atoms with Gasteiger partial charge < -0.3 is 19.3 Å². The number of nitriles is 1. The fraction of sp³-hybridized carbons (Fsp3) is 0.286. The van der Waals surface area contributed by atoms with E-state index in [1.807, 2.05) is 36.3 Å². The minimum absolute atomic E-state index is 0.0468. The van der Waals surface area contributed by atoms with Crippen LogP contribution >= 0.6 is 11.3 Å². The van der Waals surface area contributed by atoms with Crippen molar-refractivity contribution in [3.8, 4) is 17.3 Å². The number of pyridine rings is 1. The van der Waals surface area contributed by atoms with Crippen molar-refractivity contribution < 1.29 is 14.4 Å². The molecule has 0 bridgehead atoms. The van der Waals surface area contributed by atoms with Crippen LogP contribution in [0.1, 0.15) is 23.8 Å². The molecule has 1 aliphatic carbocycles. The Labute approximate surface area is 233 Å². The Hall–Kier alpha value is -4.47. The van der Waals surface area contributed by atoms with Gasteiger partial charge in [0.05, 0.1) is 5.69 Å². The first-order valence-corrected chi connectivity index (χ1v) is 13.7. The maximum absolute atomic E-state index is 13.5. The monoisotopic (exact) mass is 559 g/mol. The van der Waals surface area contributed by atoms with Crippen LogP contribution in [0, 0.1) is 17.1 Å². The number of halogens is 1. The summed E-state index contributed by atoms with van der Waals surface area (Å²) in [5.41, 5.74) is 4.47. The van der Waals surface area contributed by atoms with Gasteiger partial charge in [0, 0.05) is 67.5 Å². The van der Waals surface area contributed by atoms with Crippen LogP contribution in [0.5, 0.6) is 0 Å². The largest absolute Gasteiger partial charge is 0.368 e. The molecule has 2 N–H and O–H groups in total. The molecule has 2 aliphatic rings. The van der Waals surface area contributed by atoms with E-state index in [1.165, 1.54) is 23.5 Å². The highest BCUT2D eigenvalue weighted by Crippen LogP contribution is 2.40. The van der Waals surface area contributed by atoms with Crippen molar-refractivity contribution in [2.75, 3.05) is 43.0 Å². The predicted molar refractivity (Wildman–Crippen MR) is 151 cm³/mol. The molecule has 3 heterocycles. The van der Waals surface area contributed by atoms with Gasteiger partial charge in [0.2, 0.25) is 0 Å². The van der Waals surface area contributed by atoms with Gasteiger partial charge in [-0.25, -0.2) is 19.6 Å². The van der Waals surface area contributed by atoms with Gasteiger partial charge in [-0.2, -0.15) is 5.26 Å². The van der Waals surface area contributed by atoms with E-state index < -0.39 is 6.03 Å². The Bertz CT molecular complexity index is 1700. The Morgan fingerprint density at radius 1 is 1.15 bits per heavy atom. The Kier molecular flexibility index (Phi) is 6.61. The molecule has 6 rings (SSSR count). The first-order valence-electron chi connectivity index (χ1n) is 12.9. The zero-order chi connectivity index (χ0) is 28.0. The van der Waals surface area contributed by atoms with Crippen LogP contribution in [-0.4, -0.2) is 58.9 Å². The number of fused-ring (bicyclic) bond motifs is 1. The third-order valence-electron chi connectivity index (χ3n) is 7.46. The smallest absolute Gasteiger partial charge is 0.341 e. The van der Waals surface area contributed by atoms with Crippen molar-refractivity contribution in [1.82, 2.24) is 19.9 Å². The highest BCUT2D eigenvalue weighted by atomic mass is 32.1. The molecular formula is C28H26FN7O3S. The number of piperazine rings is 1. The number of aromatic nitrogens is 2. The van der Waals surface area contributed by atoms with Crippen molar-refractivity contribution in [2.24, 2.45) is 0 Å². The van der Waals surface area contributed by atoms with E-state index in [2.05, 4.69) is 11.0 Å². The molecule has 204 valence electrons. The van der Waals surface area contributed by atoms with Gasteiger partial charge in [-0.05, 0) is 55.3 Å². The van der Waals surface area contributed by atoms with Gasteiger partial charge in [-0.1, -0.05) is 11.3 Å². The second kappa shape index (κ2) is 10.3. The summed E-state index contributed by atoms with van der Waals surface area (Å²) in [4.78, 5) is 36.0. The minimum atomic E-state index is -0.525. The predicted octanol–water partition coefficient (Wildman–Crippen LogP) is 4.46. The third-order valence-corrected chi connectivity index (χ3v) is 8.49. The second-order valence-electron chi connectivity index (χ2n) is 9.93. The van der Waals surface area contributed by atoms with Gasteiger partial charge in [0.1, 0.15) is 22.5 Å². The summed E-state index contributed by atoms with van der Waals surface area (Å²) in [6.07, 6.45) is 3.77. The number of anilines is 3. The zero-order valence-corrected chi connectivity index (χ0v) is 22.5. The number of hydrogen-bond donors (Lipinski definition) is 2. The average molecular weight is 560 g/mol. The molecule has 2 amide bonds. The first kappa shape index (κ1) is 25.8. The van der Waals surface area contributed by atoms with Gasteiger partial charge in [-0.15, -0.1) is 0 Å². The lowest BCUT2D eigenvalue weighted by molar-refractivity contribution is 0.127. The van der Waals surface area contributed by atoms with E-state index >= 15 is 0 Å².